The second kappa shape index (κ2) is 4.39. The van der Waals surface area contributed by atoms with Gasteiger partial charge in [0, 0.05) is 18.8 Å². The van der Waals surface area contributed by atoms with Gasteiger partial charge in [-0.15, -0.1) is 0 Å². The van der Waals surface area contributed by atoms with Crippen molar-refractivity contribution in [2.45, 2.75) is 20.5 Å². The van der Waals surface area contributed by atoms with Crippen molar-refractivity contribution < 1.29 is 4.74 Å². The molecule has 0 radical (unpaired) electrons. The normalized spacial score (nSPS) is 10.4. The maximum atomic E-state index is 5.74. The molecule has 3 nitrogen and oxygen atoms in total. The molecule has 0 N–H and O–H groups in total. The van der Waals surface area contributed by atoms with Crippen LogP contribution in [0.25, 0.3) is 0 Å². The first-order chi connectivity index (χ1) is 7.65. The number of ether oxygens (including phenoxy) is 1. The SMILES string of the molecule is Cc1ccc(OCc2cnn(C)c2)c(C)c1. The monoisotopic (exact) mass is 216 g/mol. The Hall–Kier alpha value is -1.77. The molecule has 0 bridgehead atoms. The van der Waals surface area contributed by atoms with Crippen molar-refractivity contribution in [3.63, 3.8) is 0 Å². The summed E-state index contributed by atoms with van der Waals surface area (Å²) in [7, 11) is 1.90. The van der Waals surface area contributed by atoms with E-state index in [9.17, 15) is 0 Å². The minimum absolute atomic E-state index is 0.567. The lowest BCUT2D eigenvalue weighted by molar-refractivity contribution is 0.304. The highest BCUT2D eigenvalue weighted by molar-refractivity contribution is 5.35. The van der Waals surface area contributed by atoms with Crippen molar-refractivity contribution in [3.8, 4) is 5.75 Å². The summed E-state index contributed by atoms with van der Waals surface area (Å²) in [6, 6.07) is 6.20. The Bertz CT molecular complexity index is 488. The number of hydrogen-bond donors (Lipinski definition) is 0. The maximum absolute atomic E-state index is 5.74. The predicted octanol–water partition coefficient (Wildman–Crippen LogP) is 2.62. The Balaban J connectivity index is 2.04. The summed E-state index contributed by atoms with van der Waals surface area (Å²) in [6.07, 6.45) is 3.78. The van der Waals surface area contributed by atoms with Crippen molar-refractivity contribution in [1.29, 1.82) is 0 Å². The number of aromatic nitrogens is 2. The first kappa shape index (κ1) is 10.7. The zero-order valence-corrected chi connectivity index (χ0v) is 9.90. The van der Waals surface area contributed by atoms with E-state index in [-0.39, 0.29) is 0 Å². The third kappa shape index (κ3) is 2.42. The van der Waals surface area contributed by atoms with E-state index in [1.165, 1.54) is 11.1 Å². The van der Waals surface area contributed by atoms with Gasteiger partial charge in [-0.1, -0.05) is 17.7 Å². The summed E-state index contributed by atoms with van der Waals surface area (Å²) in [4.78, 5) is 0. The van der Waals surface area contributed by atoms with Crippen LogP contribution in [-0.2, 0) is 13.7 Å². The average Bonchev–Trinajstić information content (AvgIpc) is 2.63. The van der Waals surface area contributed by atoms with Crippen LogP contribution in [0, 0.1) is 13.8 Å². The van der Waals surface area contributed by atoms with E-state index in [0.29, 0.717) is 6.61 Å². The van der Waals surface area contributed by atoms with Crippen molar-refractivity contribution in [2.24, 2.45) is 7.05 Å². The van der Waals surface area contributed by atoms with Crippen LogP contribution in [-0.4, -0.2) is 9.78 Å². The van der Waals surface area contributed by atoms with Gasteiger partial charge in [0.1, 0.15) is 12.4 Å². The van der Waals surface area contributed by atoms with Gasteiger partial charge >= 0.3 is 0 Å². The lowest BCUT2D eigenvalue weighted by Gasteiger charge is -2.08. The molecule has 0 amide bonds. The minimum atomic E-state index is 0.567. The highest BCUT2D eigenvalue weighted by Crippen LogP contribution is 2.19. The van der Waals surface area contributed by atoms with Crippen LogP contribution in [0.2, 0.25) is 0 Å². The van der Waals surface area contributed by atoms with Crippen molar-refractivity contribution in [1.82, 2.24) is 9.78 Å². The van der Waals surface area contributed by atoms with Crippen LogP contribution in [0.1, 0.15) is 16.7 Å². The van der Waals surface area contributed by atoms with E-state index in [1.807, 2.05) is 25.5 Å². The minimum Gasteiger partial charge on any atom is -0.489 e. The summed E-state index contributed by atoms with van der Waals surface area (Å²) in [5.74, 6) is 0.939. The van der Waals surface area contributed by atoms with E-state index >= 15 is 0 Å². The first-order valence-corrected chi connectivity index (χ1v) is 5.33. The molecule has 0 fully saturated rings. The van der Waals surface area contributed by atoms with Crippen molar-refractivity contribution in [2.75, 3.05) is 0 Å². The first-order valence-electron chi connectivity index (χ1n) is 5.33. The van der Waals surface area contributed by atoms with Crippen LogP contribution >= 0.6 is 0 Å². The van der Waals surface area contributed by atoms with E-state index in [0.717, 1.165) is 11.3 Å². The third-order valence-electron chi connectivity index (χ3n) is 2.48. The van der Waals surface area contributed by atoms with E-state index in [2.05, 4.69) is 31.1 Å². The standard InChI is InChI=1S/C13H16N2O/c1-10-4-5-13(11(2)6-10)16-9-12-7-14-15(3)8-12/h4-8H,9H2,1-3H3. The highest BCUT2D eigenvalue weighted by Gasteiger charge is 2.01. The van der Waals surface area contributed by atoms with Crippen LogP contribution < -0.4 is 4.74 Å². The number of aryl methyl sites for hydroxylation is 3. The number of nitrogens with zero attached hydrogens (tertiary/aromatic N) is 2. The third-order valence-corrected chi connectivity index (χ3v) is 2.48. The van der Waals surface area contributed by atoms with Gasteiger partial charge in [0.15, 0.2) is 0 Å². The molecule has 2 rings (SSSR count). The zero-order chi connectivity index (χ0) is 11.5. The molecule has 0 unspecified atom stereocenters. The zero-order valence-electron chi connectivity index (χ0n) is 9.90. The molecule has 0 atom stereocenters. The molecule has 1 heterocycles. The molecule has 1 aromatic heterocycles. The highest BCUT2D eigenvalue weighted by atomic mass is 16.5. The summed E-state index contributed by atoms with van der Waals surface area (Å²) >= 11 is 0. The Morgan fingerprint density at radius 3 is 2.75 bits per heavy atom. The number of hydrogen-bond acceptors (Lipinski definition) is 2. The fraction of sp³-hybridized carbons (Fsp3) is 0.308. The summed E-state index contributed by atoms with van der Waals surface area (Å²) in [5, 5.41) is 4.10. The number of benzene rings is 1. The second-order valence-corrected chi connectivity index (χ2v) is 4.08. The molecule has 0 aliphatic heterocycles. The molecule has 84 valence electrons. The van der Waals surface area contributed by atoms with Gasteiger partial charge in [-0.2, -0.15) is 5.10 Å². The smallest absolute Gasteiger partial charge is 0.122 e. The molecule has 0 aliphatic carbocycles. The largest absolute Gasteiger partial charge is 0.489 e. The van der Waals surface area contributed by atoms with Crippen LogP contribution in [0.15, 0.2) is 30.6 Å². The maximum Gasteiger partial charge on any atom is 0.122 e. The Kier molecular flexibility index (Phi) is 2.95. The van der Waals surface area contributed by atoms with Gasteiger partial charge in [0.2, 0.25) is 0 Å². The molecule has 0 saturated heterocycles. The lowest BCUT2D eigenvalue weighted by Crippen LogP contribution is -1.96. The van der Waals surface area contributed by atoms with Gasteiger partial charge < -0.3 is 4.74 Å². The number of rotatable bonds is 3. The van der Waals surface area contributed by atoms with Crippen LogP contribution in [0.4, 0.5) is 0 Å². The lowest BCUT2D eigenvalue weighted by atomic mass is 10.1. The van der Waals surface area contributed by atoms with Gasteiger partial charge in [0.05, 0.1) is 6.20 Å². The Labute approximate surface area is 95.7 Å². The van der Waals surface area contributed by atoms with Gasteiger partial charge in [-0.3, -0.25) is 4.68 Å². The van der Waals surface area contributed by atoms with Gasteiger partial charge in [0.25, 0.3) is 0 Å². The van der Waals surface area contributed by atoms with Gasteiger partial charge in [-0.25, -0.2) is 0 Å². The van der Waals surface area contributed by atoms with Crippen molar-refractivity contribution >= 4 is 0 Å². The molecule has 3 heteroatoms. The molecule has 16 heavy (non-hydrogen) atoms. The molecular weight excluding hydrogens is 200 g/mol. The Morgan fingerprint density at radius 2 is 2.12 bits per heavy atom. The fourth-order valence-corrected chi connectivity index (χ4v) is 1.67. The van der Waals surface area contributed by atoms with E-state index in [4.69, 9.17) is 4.74 Å². The van der Waals surface area contributed by atoms with Crippen molar-refractivity contribution in [3.05, 3.63) is 47.3 Å². The predicted molar refractivity (Wildman–Crippen MR) is 63.5 cm³/mol. The quantitative estimate of drug-likeness (QED) is 0.788. The van der Waals surface area contributed by atoms with Gasteiger partial charge in [-0.05, 0) is 25.5 Å². The van der Waals surface area contributed by atoms with Crippen LogP contribution in [0.3, 0.4) is 0 Å². The molecular formula is C13H16N2O. The van der Waals surface area contributed by atoms with Crippen LogP contribution in [0.5, 0.6) is 5.75 Å². The summed E-state index contributed by atoms with van der Waals surface area (Å²) < 4.78 is 7.52. The van der Waals surface area contributed by atoms with E-state index < -0.39 is 0 Å². The Morgan fingerprint density at radius 1 is 1.31 bits per heavy atom. The summed E-state index contributed by atoms with van der Waals surface area (Å²) in [5.41, 5.74) is 3.51. The summed E-state index contributed by atoms with van der Waals surface area (Å²) in [6.45, 7) is 4.71. The topological polar surface area (TPSA) is 27.1 Å². The molecule has 0 aliphatic rings. The molecule has 0 saturated carbocycles. The fourth-order valence-electron chi connectivity index (χ4n) is 1.67. The van der Waals surface area contributed by atoms with E-state index in [1.54, 1.807) is 4.68 Å². The average molecular weight is 216 g/mol. The molecule has 2 aromatic rings. The second-order valence-electron chi connectivity index (χ2n) is 4.08. The molecule has 1 aromatic carbocycles. The molecule has 0 spiro atoms.